The van der Waals surface area contributed by atoms with Gasteiger partial charge in [0.1, 0.15) is 12.4 Å². The monoisotopic (exact) mass is 178 g/mol. The molecule has 4 heteroatoms. The van der Waals surface area contributed by atoms with Crippen LogP contribution in [-0.4, -0.2) is 12.5 Å². The molecule has 1 aromatic carbocycles. The van der Waals surface area contributed by atoms with Gasteiger partial charge in [0, 0.05) is 0 Å². The summed E-state index contributed by atoms with van der Waals surface area (Å²) in [4.78, 5) is 11.1. The summed E-state index contributed by atoms with van der Waals surface area (Å²) in [5.74, 6) is -1.16. The number of hydrogen-bond acceptors (Lipinski definition) is 2. The molecule has 1 N–H and O–H groups in total. The summed E-state index contributed by atoms with van der Waals surface area (Å²) in [6.45, 7) is -0.118. The van der Waals surface area contributed by atoms with Crippen LogP contribution >= 0.6 is 0 Å². The maximum atomic E-state index is 12.9. The SMILES string of the molecule is N#CCNC(=O)c1ccccc1F. The van der Waals surface area contributed by atoms with E-state index in [4.69, 9.17) is 5.26 Å². The second-order valence-electron chi connectivity index (χ2n) is 2.32. The van der Waals surface area contributed by atoms with Crippen molar-refractivity contribution in [1.82, 2.24) is 5.32 Å². The van der Waals surface area contributed by atoms with Gasteiger partial charge in [-0.15, -0.1) is 0 Å². The number of halogens is 1. The van der Waals surface area contributed by atoms with Crippen LogP contribution in [0, 0.1) is 17.1 Å². The van der Waals surface area contributed by atoms with E-state index in [9.17, 15) is 9.18 Å². The molecular formula is C9H7FN2O. The van der Waals surface area contributed by atoms with E-state index in [1.165, 1.54) is 18.2 Å². The summed E-state index contributed by atoms with van der Waals surface area (Å²) in [6, 6.07) is 7.35. The van der Waals surface area contributed by atoms with Gasteiger partial charge in [0.15, 0.2) is 0 Å². The van der Waals surface area contributed by atoms with Crippen molar-refractivity contribution in [3.05, 3.63) is 35.6 Å². The largest absolute Gasteiger partial charge is 0.339 e. The highest BCUT2D eigenvalue weighted by molar-refractivity contribution is 5.94. The normalized spacial score (nSPS) is 8.92. The maximum Gasteiger partial charge on any atom is 0.255 e. The van der Waals surface area contributed by atoms with Crippen LogP contribution in [0.3, 0.4) is 0 Å². The number of carbonyl (C=O) groups is 1. The van der Waals surface area contributed by atoms with Gasteiger partial charge in [-0.25, -0.2) is 4.39 Å². The van der Waals surface area contributed by atoms with E-state index >= 15 is 0 Å². The second-order valence-corrected chi connectivity index (χ2v) is 2.32. The minimum absolute atomic E-state index is 0.0437. The standard InChI is InChI=1S/C9H7FN2O/c10-8-4-2-1-3-7(8)9(13)12-6-5-11/h1-4H,6H2,(H,12,13). The zero-order valence-electron chi connectivity index (χ0n) is 6.75. The third-order valence-electron chi connectivity index (χ3n) is 1.45. The first kappa shape index (κ1) is 9.20. The summed E-state index contributed by atoms with van der Waals surface area (Å²) in [5.41, 5.74) is -0.0437. The van der Waals surface area contributed by atoms with E-state index in [0.717, 1.165) is 0 Å². The Morgan fingerprint density at radius 1 is 1.54 bits per heavy atom. The smallest absolute Gasteiger partial charge is 0.255 e. The van der Waals surface area contributed by atoms with Crippen LogP contribution in [0.5, 0.6) is 0 Å². The van der Waals surface area contributed by atoms with Crippen molar-refractivity contribution in [2.45, 2.75) is 0 Å². The van der Waals surface area contributed by atoms with Gasteiger partial charge in [0.05, 0.1) is 11.6 Å². The Morgan fingerprint density at radius 2 is 2.23 bits per heavy atom. The first-order chi connectivity index (χ1) is 6.25. The molecule has 1 aromatic rings. The molecule has 0 atom stereocenters. The van der Waals surface area contributed by atoms with Crippen LogP contribution < -0.4 is 5.32 Å². The van der Waals surface area contributed by atoms with Crippen LogP contribution in [0.25, 0.3) is 0 Å². The Kier molecular flexibility index (Phi) is 2.98. The molecule has 1 rings (SSSR count). The average Bonchev–Trinajstić information content (AvgIpc) is 2.15. The van der Waals surface area contributed by atoms with Crippen molar-refractivity contribution < 1.29 is 9.18 Å². The molecule has 0 aliphatic rings. The van der Waals surface area contributed by atoms with Gasteiger partial charge in [-0.3, -0.25) is 4.79 Å². The summed E-state index contributed by atoms with van der Waals surface area (Å²) < 4.78 is 12.9. The molecule has 1 amide bonds. The molecule has 0 aliphatic carbocycles. The Balaban J connectivity index is 2.78. The molecule has 0 unspecified atom stereocenters. The lowest BCUT2D eigenvalue weighted by atomic mass is 10.2. The van der Waals surface area contributed by atoms with Crippen LogP contribution in [0.1, 0.15) is 10.4 Å². The summed E-state index contributed by atoms with van der Waals surface area (Å²) >= 11 is 0. The second kappa shape index (κ2) is 4.21. The van der Waals surface area contributed by atoms with E-state index in [-0.39, 0.29) is 12.1 Å². The first-order valence-electron chi connectivity index (χ1n) is 3.65. The lowest BCUT2D eigenvalue weighted by molar-refractivity contribution is 0.0954. The molecule has 0 bridgehead atoms. The van der Waals surface area contributed by atoms with Gasteiger partial charge in [-0.1, -0.05) is 12.1 Å². The Hall–Kier alpha value is -1.89. The van der Waals surface area contributed by atoms with Crippen molar-refractivity contribution in [3.8, 4) is 6.07 Å². The zero-order chi connectivity index (χ0) is 9.68. The predicted molar refractivity (Wildman–Crippen MR) is 44.3 cm³/mol. The van der Waals surface area contributed by atoms with E-state index in [0.29, 0.717) is 0 Å². The van der Waals surface area contributed by atoms with E-state index in [1.807, 2.05) is 0 Å². The van der Waals surface area contributed by atoms with Crippen molar-refractivity contribution >= 4 is 5.91 Å². The lowest BCUT2D eigenvalue weighted by Gasteiger charge is -2.00. The van der Waals surface area contributed by atoms with Gasteiger partial charge in [0.25, 0.3) is 5.91 Å². The summed E-state index contributed by atoms with van der Waals surface area (Å²) in [5, 5.41) is 10.4. The van der Waals surface area contributed by atoms with E-state index < -0.39 is 11.7 Å². The molecule has 0 saturated carbocycles. The molecule has 0 aromatic heterocycles. The van der Waals surface area contributed by atoms with Crippen molar-refractivity contribution in [1.29, 1.82) is 5.26 Å². The maximum absolute atomic E-state index is 12.9. The number of amides is 1. The lowest BCUT2D eigenvalue weighted by Crippen LogP contribution is -2.24. The Labute approximate surface area is 74.8 Å². The highest BCUT2D eigenvalue weighted by Gasteiger charge is 2.08. The number of carbonyl (C=O) groups excluding carboxylic acids is 1. The predicted octanol–water partition coefficient (Wildman–Crippen LogP) is 1.08. The molecule has 66 valence electrons. The van der Waals surface area contributed by atoms with Crippen molar-refractivity contribution in [2.24, 2.45) is 0 Å². The highest BCUT2D eigenvalue weighted by atomic mass is 19.1. The van der Waals surface area contributed by atoms with E-state index in [1.54, 1.807) is 12.1 Å². The molecular weight excluding hydrogens is 171 g/mol. The molecule has 0 saturated heterocycles. The van der Waals surface area contributed by atoms with Crippen molar-refractivity contribution in [2.75, 3.05) is 6.54 Å². The quantitative estimate of drug-likeness (QED) is 0.689. The minimum Gasteiger partial charge on any atom is -0.339 e. The third kappa shape index (κ3) is 2.27. The van der Waals surface area contributed by atoms with Gasteiger partial charge >= 0.3 is 0 Å². The fraction of sp³-hybridized carbons (Fsp3) is 0.111. The molecule has 13 heavy (non-hydrogen) atoms. The molecule has 0 radical (unpaired) electrons. The fourth-order valence-corrected chi connectivity index (χ4v) is 0.860. The van der Waals surface area contributed by atoms with Crippen LogP contribution in [0.15, 0.2) is 24.3 Å². The fourth-order valence-electron chi connectivity index (χ4n) is 0.860. The number of nitrogens with zero attached hydrogens (tertiary/aromatic N) is 1. The number of hydrogen-bond donors (Lipinski definition) is 1. The minimum atomic E-state index is -0.585. The Bertz CT molecular complexity index is 357. The Morgan fingerprint density at radius 3 is 2.85 bits per heavy atom. The van der Waals surface area contributed by atoms with Crippen molar-refractivity contribution in [3.63, 3.8) is 0 Å². The molecule has 0 fully saturated rings. The highest BCUT2D eigenvalue weighted by Crippen LogP contribution is 2.05. The number of benzene rings is 1. The third-order valence-corrected chi connectivity index (χ3v) is 1.45. The first-order valence-corrected chi connectivity index (χ1v) is 3.65. The van der Waals surface area contributed by atoms with Gasteiger partial charge in [0.2, 0.25) is 0 Å². The summed E-state index contributed by atoms with van der Waals surface area (Å²) in [6.07, 6.45) is 0. The van der Waals surface area contributed by atoms with E-state index in [2.05, 4.69) is 5.32 Å². The summed E-state index contributed by atoms with van der Waals surface area (Å²) in [7, 11) is 0. The number of nitrogens with one attached hydrogen (secondary N) is 1. The average molecular weight is 178 g/mol. The van der Waals surface area contributed by atoms with Crippen LogP contribution in [0.4, 0.5) is 4.39 Å². The van der Waals surface area contributed by atoms with Gasteiger partial charge in [-0.2, -0.15) is 5.26 Å². The number of nitriles is 1. The topological polar surface area (TPSA) is 52.9 Å². The zero-order valence-corrected chi connectivity index (χ0v) is 6.75. The van der Waals surface area contributed by atoms with Gasteiger partial charge < -0.3 is 5.32 Å². The molecule has 0 heterocycles. The molecule has 0 aliphatic heterocycles. The number of rotatable bonds is 2. The van der Waals surface area contributed by atoms with Crippen LogP contribution in [-0.2, 0) is 0 Å². The molecule has 3 nitrogen and oxygen atoms in total. The van der Waals surface area contributed by atoms with Gasteiger partial charge in [-0.05, 0) is 12.1 Å². The van der Waals surface area contributed by atoms with Crippen LogP contribution in [0.2, 0.25) is 0 Å². The molecule has 0 spiro atoms.